The Morgan fingerprint density at radius 2 is 2.22 bits per heavy atom. The van der Waals surface area contributed by atoms with Crippen molar-refractivity contribution in [1.29, 1.82) is 0 Å². The van der Waals surface area contributed by atoms with Gasteiger partial charge < -0.3 is 9.84 Å². The number of nitrogens with zero attached hydrogens (tertiary/aromatic N) is 2. The minimum absolute atomic E-state index is 0.104. The van der Waals surface area contributed by atoms with E-state index in [0.29, 0.717) is 13.0 Å². The van der Waals surface area contributed by atoms with E-state index in [-0.39, 0.29) is 6.61 Å². The maximum atomic E-state index is 8.98. The van der Waals surface area contributed by atoms with Crippen LogP contribution in [0.5, 0.6) is 5.88 Å². The van der Waals surface area contributed by atoms with Gasteiger partial charge in [0.05, 0.1) is 19.9 Å². The molecule has 0 radical (unpaired) electrons. The molecule has 0 atom stereocenters. The molecule has 0 saturated heterocycles. The summed E-state index contributed by atoms with van der Waals surface area (Å²) in [7, 11) is 1.63. The van der Waals surface area contributed by atoms with E-state index in [1.165, 1.54) is 11.1 Å². The zero-order valence-corrected chi connectivity index (χ0v) is 10.8. The molecule has 1 heterocycles. The van der Waals surface area contributed by atoms with Gasteiger partial charge in [0.15, 0.2) is 0 Å². The number of aromatic nitrogens is 2. The van der Waals surface area contributed by atoms with E-state index < -0.39 is 0 Å². The SMILES string of the molecule is COc1c(CCO)cnn1Cc1cccc(C)c1. The molecular weight excluding hydrogens is 228 g/mol. The van der Waals surface area contributed by atoms with Crippen molar-refractivity contribution in [2.75, 3.05) is 13.7 Å². The molecular formula is C14H18N2O2. The number of hydrogen-bond donors (Lipinski definition) is 1. The number of rotatable bonds is 5. The molecule has 4 heteroatoms. The first-order valence-corrected chi connectivity index (χ1v) is 5.99. The topological polar surface area (TPSA) is 47.3 Å². The number of aliphatic hydroxyl groups excluding tert-OH is 1. The van der Waals surface area contributed by atoms with Gasteiger partial charge in [-0.25, -0.2) is 4.68 Å². The standard InChI is InChI=1S/C14H18N2O2/c1-11-4-3-5-12(8-11)10-16-14(18-2)13(6-7-17)9-15-16/h3-5,8-9,17H,6-7,10H2,1-2H3. The normalized spacial score (nSPS) is 10.6. The van der Waals surface area contributed by atoms with Crippen LogP contribution in [0.4, 0.5) is 0 Å². The summed E-state index contributed by atoms with van der Waals surface area (Å²) in [6.45, 7) is 2.85. The maximum Gasteiger partial charge on any atom is 0.215 e. The summed E-state index contributed by atoms with van der Waals surface area (Å²) in [6, 6.07) is 8.31. The van der Waals surface area contributed by atoms with Crippen molar-refractivity contribution in [3.63, 3.8) is 0 Å². The molecule has 0 aliphatic rings. The first kappa shape index (κ1) is 12.6. The van der Waals surface area contributed by atoms with E-state index in [1.54, 1.807) is 13.3 Å². The Kier molecular flexibility index (Phi) is 3.99. The number of ether oxygens (including phenoxy) is 1. The zero-order chi connectivity index (χ0) is 13.0. The van der Waals surface area contributed by atoms with E-state index in [2.05, 4.69) is 30.2 Å². The number of methoxy groups -OCH3 is 1. The molecule has 4 nitrogen and oxygen atoms in total. The molecule has 18 heavy (non-hydrogen) atoms. The van der Waals surface area contributed by atoms with Gasteiger partial charge in [0.25, 0.3) is 0 Å². The fourth-order valence-corrected chi connectivity index (χ4v) is 2.04. The molecule has 0 aliphatic carbocycles. The molecule has 0 saturated carbocycles. The van der Waals surface area contributed by atoms with Crippen LogP contribution >= 0.6 is 0 Å². The van der Waals surface area contributed by atoms with Crippen molar-refractivity contribution in [3.8, 4) is 5.88 Å². The smallest absolute Gasteiger partial charge is 0.215 e. The van der Waals surface area contributed by atoms with Crippen LogP contribution in [-0.2, 0) is 13.0 Å². The summed E-state index contributed by atoms with van der Waals surface area (Å²) in [5.41, 5.74) is 3.36. The van der Waals surface area contributed by atoms with Gasteiger partial charge >= 0.3 is 0 Å². The van der Waals surface area contributed by atoms with E-state index in [0.717, 1.165) is 11.4 Å². The molecule has 1 aromatic heterocycles. The van der Waals surface area contributed by atoms with E-state index in [1.807, 2.05) is 10.7 Å². The highest BCUT2D eigenvalue weighted by atomic mass is 16.5. The minimum atomic E-state index is 0.104. The Labute approximate surface area is 107 Å². The second kappa shape index (κ2) is 5.69. The lowest BCUT2D eigenvalue weighted by Crippen LogP contribution is -2.05. The Morgan fingerprint density at radius 3 is 2.89 bits per heavy atom. The first-order valence-electron chi connectivity index (χ1n) is 5.99. The van der Waals surface area contributed by atoms with Gasteiger partial charge in [-0.05, 0) is 12.5 Å². The quantitative estimate of drug-likeness (QED) is 0.874. The van der Waals surface area contributed by atoms with Crippen LogP contribution in [0.1, 0.15) is 16.7 Å². The van der Waals surface area contributed by atoms with Gasteiger partial charge in [-0.1, -0.05) is 29.8 Å². The average molecular weight is 246 g/mol. The van der Waals surface area contributed by atoms with Crippen LogP contribution in [0.3, 0.4) is 0 Å². The highest BCUT2D eigenvalue weighted by Gasteiger charge is 2.11. The largest absolute Gasteiger partial charge is 0.481 e. The monoisotopic (exact) mass is 246 g/mol. The second-order valence-electron chi connectivity index (χ2n) is 4.30. The predicted molar refractivity (Wildman–Crippen MR) is 69.8 cm³/mol. The lowest BCUT2D eigenvalue weighted by Gasteiger charge is -2.08. The Hall–Kier alpha value is -1.81. The summed E-state index contributed by atoms with van der Waals surface area (Å²) in [6.07, 6.45) is 2.32. The molecule has 2 aromatic rings. The molecule has 0 amide bonds. The number of hydrogen-bond acceptors (Lipinski definition) is 3. The molecule has 1 aromatic carbocycles. The minimum Gasteiger partial charge on any atom is -0.481 e. The van der Waals surface area contributed by atoms with Crippen molar-refractivity contribution in [3.05, 3.63) is 47.2 Å². The van der Waals surface area contributed by atoms with Gasteiger partial charge in [-0.15, -0.1) is 0 Å². The number of benzene rings is 1. The third-order valence-corrected chi connectivity index (χ3v) is 2.85. The zero-order valence-electron chi connectivity index (χ0n) is 10.8. The molecule has 0 aliphatic heterocycles. The highest BCUT2D eigenvalue weighted by Crippen LogP contribution is 2.19. The van der Waals surface area contributed by atoms with E-state index >= 15 is 0 Å². The summed E-state index contributed by atoms with van der Waals surface area (Å²) in [5, 5.41) is 13.3. The van der Waals surface area contributed by atoms with Gasteiger partial charge in [0.2, 0.25) is 5.88 Å². The van der Waals surface area contributed by atoms with Crippen LogP contribution < -0.4 is 4.74 Å². The van der Waals surface area contributed by atoms with E-state index in [9.17, 15) is 0 Å². The summed E-state index contributed by atoms with van der Waals surface area (Å²) in [5.74, 6) is 0.727. The number of aliphatic hydroxyl groups is 1. The van der Waals surface area contributed by atoms with Crippen molar-refractivity contribution in [2.45, 2.75) is 19.9 Å². The van der Waals surface area contributed by atoms with Gasteiger partial charge in [0, 0.05) is 18.6 Å². The summed E-state index contributed by atoms with van der Waals surface area (Å²) < 4.78 is 7.18. The molecule has 1 N–H and O–H groups in total. The summed E-state index contributed by atoms with van der Waals surface area (Å²) in [4.78, 5) is 0. The van der Waals surface area contributed by atoms with Gasteiger partial charge in [0.1, 0.15) is 0 Å². The summed E-state index contributed by atoms with van der Waals surface area (Å²) >= 11 is 0. The Morgan fingerprint density at radius 1 is 1.39 bits per heavy atom. The third-order valence-electron chi connectivity index (χ3n) is 2.85. The maximum absolute atomic E-state index is 8.98. The molecule has 0 unspecified atom stereocenters. The van der Waals surface area contributed by atoms with Crippen molar-refractivity contribution in [1.82, 2.24) is 9.78 Å². The molecule has 96 valence electrons. The molecule has 2 rings (SSSR count). The van der Waals surface area contributed by atoms with Crippen LogP contribution in [0.2, 0.25) is 0 Å². The first-order chi connectivity index (χ1) is 8.74. The third kappa shape index (κ3) is 2.71. The molecule has 0 spiro atoms. The van der Waals surface area contributed by atoms with Gasteiger partial charge in [-0.2, -0.15) is 5.10 Å². The molecule has 0 fully saturated rings. The van der Waals surface area contributed by atoms with Crippen LogP contribution in [-0.4, -0.2) is 28.6 Å². The number of aryl methyl sites for hydroxylation is 1. The lowest BCUT2D eigenvalue weighted by molar-refractivity contribution is 0.295. The highest BCUT2D eigenvalue weighted by molar-refractivity contribution is 5.27. The van der Waals surface area contributed by atoms with Crippen molar-refractivity contribution in [2.24, 2.45) is 0 Å². The average Bonchev–Trinajstić information content (AvgIpc) is 2.72. The van der Waals surface area contributed by atoms with Crippen LogP contribution in [0.25, 0.3) is 0 Å². The Bertz CT molecular complexity index is 520. The van der Waals surface area contributed by atoms with Crippen molar-refractivity contribution < 1.29 is 9.84 Å². The molecule has 0 bridgehead atoms. The van der Waals surface area contributed by atoms with E-state index in [4.69, 9.17) is 9.84 Å². The lowest BCUT2D eigenvalue weighted by atomic mass is 10.1. The van der Waals surface area contributed by atoms with Crippen LogP contribution in [0.15, 0.2) is 30.5 Å². The fourth-order valence-electron chi connectivity index (χ4n) is 2.04. The van der Waals surface area contributed by atoms with Crippen molar-refractivity contribution >= 4 is 0 Å². The second-order valence-corrected chi connectivity index (χ2v) is 4.30. The fraction of sp³-hybridized carbons (Fsp3) is 0.357. The van der Waals surface area contributed by atoms with Crippen LogP contribution in [0, 0.1) is 6.92 Å². The van der Waals surface area contributed by atoms with Gasteiger partial charge in [-0.3, -0.25) is 0 Å². The predicted octanol–water partition coefficient (Wildman–Crippen LogP) is 1.78. The Balaban J connectivity index is 2.23.